The van der Waals surface area contributed by atoms with E-state index in [4.69, 9.17) is 0 Å². The minimum atomic E-state index is -1.41. The van der Waals surface area contributed by atoms with Gasteiger partial charge in [-0.05, 0) is 37.2 Å². The zero-order chi connectivity index (χ0) is 17.7. The predicted molar refractivity (Wildman–Crippen MR) is 83.9 cm³/mol. The Labute approximate surface area is 144 Å². The molecule has 2 saturated carbocycles. The lowest BCUT2D eigenvalue weighted by molar-refractivity contribution is -0.254. The molecule has 0 radical (unpaired) electrons. The van der Waals surface area contributed by atoms with Crippen molar-refractivity contribution in [3.63, 3.8) is 0 Å². The van der Waals surface area contributed by atoms with Crippen LogP contribution in [0.3, 0.4) is 0 Å². The number of nitrogens with one attached hydrogen (secondary N) is 1. The SMILES string of the molecule is O=C(CN1C(=O)[C@H]2[C@@H]3CC[C@@H](C3)[C@@H]2C1=O)Nc1ccccc1C(=O)[O-]. The fraction of sp³-hybridized carbons (Fsp3) is 0.444. The van der Waals surface area contributed by atoms with Gasteiger partial charge in [-0.1, -0.05) is 18.2 Å². The first-order chi connectivity index (χ1) is 12.0. The molecule has 1 aliphatic heterocycles. The first-order valence-electron chi connectivity index (χ1n) is 8.43. The van der Waals surface area contributed by atoms with Crippen molar-refractivity contribution in [2.24, 2.45) is 23.7 Å². The molecule has 130 valence electrons. The Balaban J connectivity index is 1.48. The zero-order valence-corrected chi connectivity index (χ0v) is 13.4. The zero-order valence-electron chi connectivity index (χ0n) is 13.4. The van der Waals surface area contributed by atoms with Gasteiger partial charge in [0.2, 0.25) is 17.7 Å². The fourth-order valence-corrected chi connectivity index (χ4v) is 4.73. The highest BCUT2D eigenvalue weighted by Gasteiger charge is 2.60. The predicted octanol–water partition coefficient (Wildman–Crippen LogP) is 0.0197. The summed E-state index contributed by atoms with van der Waals surface area (Å²) in [5.74, 6) is -2.53. The summed E-state index contributed by atoms with van der Waals surface area (Å²) in [7, 11) is 0. The third-order valence-corrected chi connectivity index (χ3v) is 5.74. The molecule has 0 aromatic heterocycles. The van der Waals surface area contributed by atoms with Gasteiger partial charge in [0.05, 0.1) is 17.8 Å². The van der Waals surface area contributed by atoms with E-state index in [2.05, 4.69) is 5.32 Å². The second kappa shape index (κ2) is 5.68. The summed E-state index contributed by atoms with van der Waals surface area (Å²) in [4.78, 5) is 49.5. The van der Waals surface area contributed by atoms with Crippen molar-refractivity contribution < 1.29 is 24.3 Å². The summed E-state index contributed by atoms with van der Waals surface area (Å²) in [5.41, 5.74) is -0.0586. The van der Waals surface area contributed by atoms with Crippen LogP contribution in [0.25, 0.3) is 0 Å². The largest absolute Gasteiger partial charge is 0.545 e. The molecular formula is C18H17N2O5-. The number of likely N-dealkylation sites (tertiary alicyclic amines) is 1. The topological polar surface area (TPSA) is 107 Å². The molecule has 7 heteroatoms. The van der Waals surface area contributed by atoms with E-state index in [0.29, 0.717) is 0 Å². The van der Waals surface area contributed by atoms with Crippen molar-refractivity contribution in [2.75, 3.05) is 11.9 Å². The third-order valence-electron chi connectivity index (χ3n) is 5.74. The highest BCUT2D eigenvalue weighted by molar-refractivity contribution is 6.10. The molecule has 2 aliphatic carbocycles. The standard InChI is InChI=1S/C18H18N2O5/c21-13(19-12-4-2-1-3-11(12)18(24)25)8-20-16(22)14-9-5-6-10(7-9)15(14)17(20)23/h1-4,9-10,14-15H,5-8H2,(H,19,21)(H,24,25)/p-1/t9-,10+,14-,15-/m0/s1. The molecule has 0 unspecified atom stereocenters. The van der Waals surface area contributed by atoms with Gasteiger partial charge in [-0.3, -0.25) is 19.3 Å². The van der Waals surface area contributed by atoms with Crippen molar-refractivity contribution in [3.8, 4) is 0 Å². The van der Waals surface area contributed by atoms with E-state index < -0.39 is 11.9 Å². The number of imide groups is 1. The Hall–Kier alpha value is -2.70. The van der Waals surface area contributed by atoms with E-state index in [9.17, 15) is 24.3 Å². The van der Waals surface area contributed by atoms with Crippen LogP contribution < -0.4 is 10.4 Å². The number of para-hydroxylation sites is 1. The first-order valence-corrected chi connectivity index (χ1v) is 8.43. The van der Waals surface area contributed by atoms with E-state index in [1.165, 1.54) is 18.2 Å². The summed E-state index contributed by atoms with van der Waals surface area (Å²) in [5, 5.41) is 13.5. The van der Waals surface area contributed by atoms with Crippen molar-refractivity contribution in [1.82, 2.24) is 4.90 Å². The Bertz CT molecular complexity index is 761. The molecule has 1 heterocycles. The summed E-state index contributed by atoms with van der Waals surface area (Å²) in [6.45, 7) is -0.383. The van der Waals surface area contributed by atoms with Gasteiger partial charge >= 0.3 is 0 Å². The van der Waals surface area contributed by atoms with Crippen LogP contribution in [0.1, 0.15) is 29.6 Å². The van der Waals surface area contributed by atoms with Crippen LogP contribution in [0.15, 0.2) is 24.3 Å². The number of carbonyl (C=O) groups excluding carboxylic acids is 4. The quantitative estimate of drug-likeness (QED) is 0.777. The van der Waals surface area contributed by atoms with Crippen LogP contribution in [-0.2, 0) is 14.4 Å². The summed E-state index contributed by atoms with van der Waals surface area (Å²) in [6.07, 6.45) is 2.89. The Kier molecular flexibility index (Phi) is 3.59. The number of benzene rings is 1. The van der Waals surface area contributed by atoms with E-state index in [-0.39, 0.29) is 53.3 Å². The molecule has 4 atom stereocenters. The van der Waals surface area contributed by atoms with Crippen molar-refractivity contribution in [3.05, 3.63) is 29.8 Å². The molecule has 3 fully saturated rings. The summed E-state index contributed by atoms with van der Waals surface area (Å²) < 4.78 is 0. The maximum absolute atomic E-state index is 12.6. The van der Waals surface area contributed by atoms with Crippen molar-refractivity contribution in [2.45, 2.75) is 19.3 Å². The molecular weight excluding hydrogens is 324 g/mol. The number of hydrogen-bond donors (Lipinski definition) is 1. The minimum absolute atomic E-state index is 0.0897. The number of anilines is 1. The molecule has 3 amide bonds. The second-order valence-electron chi connectivity index (χ2n) is 7.03. The maximum atomic E-state index is 12.6. The lowest BCUT2D eigenvalue weighted by atomic mass is 9.81. The highest BCUT2D eigenvalue weighted by atomic mass is 16.4. The lowest BCUT2D eigenvalue weighted by Crippen LogP contribution is -2.39. The molecule has 7 nitrogen and oxygen atoms in total. The average molecular weight is 341 g/mol. The smallest absolute Gasteiger partial charge is 0.244 e. The van der Waals surface area contributed by atoms with E-state index >= 15 is 0 Å². The van der Waals surface area contributed by atoms with E-state index in [0.717, 1.165) is 24.2 Å². The number of carboxylic acid groups (broad SMARTS) is 1. The number of rotatable bonds is 4. The number of aromatic carboxylic acids is 1. The van der Waals surface area contributed by atoms with Crippen LogP contribution in [0.5, 0.6) is 0 Å². The number of hydrogen-bond acceptors (Lipinski definition) is 5. The molecule has 1 N–H and O–H groups in total. The Morgan fingerprint density at radius 3 is 2.28 bits per heavy atom. The third kappa shape index (κ3) is 2.42. The van der Waals surface area contributed by atoms with Gasteiger partial charge in [0, 0.05) is 11.3 Å². The van der Waals surface area contributed by atoms with Gasteiger partial charge in [-0.15, -0.1) is 0 Å². The van der Waals surface area contributed by atoms with Gasteiger partial charge in [0.25, 0.3) is 0 Å². The van der Waals surface area contributed by atoms with Gasteiger partial charge < -0.3 is 15.2 Å². The van der Waals surface area contributed by atoms with Crippen LogP contribution >= 0.6 is 0 Å². The average Bonchev–Trinajstić information content (AvgIpc) is 3.25. The molecule has 3 aliphatic rings. The van der Waals surface area contributed by atoms with Gasteiger partial charge in [-0.2, -0.15) is 0 Å². The maximum Gasteiger partial charge on any atom is 0.244 e. The number of fused-ring (bicyclic) bond motifs is 5. The molecule has 2 bridgehead atoms. The summed E-state index contributed by atoms with van der Waals surface area (Å²) >= 11 is 0. The van der Waals surface area contributed by atoms with E-state index in [1.54, 1.807) is 6.07 Å². The van der Waals surface area contributed by atoms with Crippen LogP contribution in [0, 0.1) is 23.7 Å². The lowest BCUT2D eigenvalue weighted by Gasteiger charge is -2.19. The van der Waals surface area contributed by atoms with E-state index in [1.807, 2.05) is 0 Å². The molecule has 1 aromatic carbocycles. The number of carbonyl (C=O) groups is 4. The molecule has 25 heavy (non-hydrogen) atoms. The van der Waals surface area contributed by atoms with Crippen molar-refractivity contribution in [1.29, 1.82) is 0 Å². The number of amides is 3. The highest BCUT2D eigenvalue weighted by Crippen LogP contribution is 2.56. The Morgan fingerprint density at radius 2 is 1.68 bits per heavy atom. The molecule has 1 aromatic rings. The second-order valence-corrected chi connectivity index (χ2v) is 7.03. The monoisotopic (exact) mass is 341 g/mol. The molecule has 4 rings (SSSR count). The van der Waals surface area contributed by atoms with Gasteiger partial charge in [-0.25, -0.2) is 0 Å². The van der Waals surface area contributed by atoms with Crippen LogP contribution in [0.4, 0.5) is 5.69 Å². The first kappa shape index (κ1) is 15.8. The van der Waals surface area contributed by atoms with Crippen molar-refractivity contribution >= 4 is 29.4 Å². The summed E-state index contributed by atoms with van der Waals surface area (Å²) in [6, 6.07) is 5.85. The number of carboxylic acids is 1. The normalized spacial score (nSPS) is 29.8. The minimum Gasteiger partial charge on any atom is -0.545 e. The molecule has 1 saturated heterocycles. The van der Waals surface area contributed by atoms with Gasteiger partial charge in [0.15, 0.2) is 0 Å². The Morgan fingerprint density at radius 1 is 1.08 bits per heavy atom. The fourth-order valence-electron chi connectivity index (χ4n) is 4.73. The number of nitrogens with zero attached hydrogens (tertiary/aromatic N) is 1. The van der Waals surface area contributed by atoms with Crippen LogP contribution in [0.2, 0.25) is 0 Å². The van der Waals surface area contributed by atoms with Gasteiger partial charge in [0.1, 0.15) is 6.54 Å². The molecule has 0 spiro atoms. The van der Waals surface area contributed by atoms with Crippen LogP contribution in [-0.4, -0.2) is 35.1 Å².